The molecule has 0 spiro atoms. The smallest absolute Gasteiger partial charge is 0.0613 e. The van der Waals surface area contributed by atoms with Gasteiger partial charge in [0, 0.05) is 18.3 Å². The van der Waals surface area contributed by atoms with Gasteiger partial charge in [-0.15, -0.1) is 11.6 Å². The maximum absolute atomic E-state index is 6.11. The van der Waals surface area contributed by atoms with Crippen LogP contribution in [0.5, 0.6) is 0 Å². The zero-order valence-electron chi connectivity index (χ0n) is 9.04. The average molecular weight is 215 g/mol. The Bertz CT molecular complexity index is 258. The second-order valence-electron chi connectivity index (χ2n) is 3.62. The zero-order chi connectivity index (χ0) is 10.4. The summed E-state index contributed by atoms with van der Waals surface area (Å²) in [5.74, 6) is 0. The molecule has 3 heteroatoms. The molecule has 2 nitrogen and oxygen atoms in total. The minimum Gasteiger partial charge on any atom is -0.272 e. The first kappa shape index (κ1) is 11.6. The summed E-state index contributed by atoms with van der Waals surface area (Å²) >= 11 is 6.11. The van der Waals surface area contributed by atoms with E-state index >= 15 is 0 Å². The summed E-state index contributed by atoms with van der Waals surface area (Å²) in [6, 6.07) is 0. The van der Waals surface area contributed by atoms with Crippen LogP contribution in [0.1, 0.15) is 50.5 Å². The lowest BCUT2D eigenvalue weighted by Gasteiger charge is -2.01. The SMILES string of the molecule is CCCCCn1cc(C(Cl)CC)cn1. The molecule has 14 heavy (non-hydrogen) atoms. The first-order chi connectivity index (χ1) is 6.77. The van der Waals surface area contributed by atoms with Crippen molar-refractivity contribution in [3.8, 4) is 0 Å². The molecule has 1 unspecified atom stereocenters. The lowest BCUT2D eigenvalue weighted by molar-refractivity contribution is 0.553. The highest BCUT2D eigenvalue weighted by molar-refractivity contribution is 6.20. The molecule has 0 aliphatic carbocycles. The molecule has 0 aromatic carbocycles. The van der Waals surface area contributed by atoms with Gasteiger partial charge >= 0.3 is 0 Å². The molecule has 1 aromatic heterocycles. The van der Waals surface area contributed by atoms with Gasteiger partial charge < -0.3 is 0 Å². The van der Waals surface area contributed by atoms with Crippen LogP contribution in [0.25, 0.3) is 0 Å². The molecule has 0 aliphatic rings. The first-order valence-corrected chi connectivity index (χ1v) is 5.88. The van der Waals surface area contributed by atoms with Crippen LogP contribution in [-0.2, 0) is 6.54 Å². The van der Waals surface area contributed by atoms with E-state index in [2.05, 4.69) is 25.1 Å². The van der Waals surface area contributed by atoms with Crippen molar-refractivity contribution >= 4 is 11.6 Å². The maximum Gasteiger partial charge on any atom is 0.0613 e. The van der Waals surface area contributed by atoms with Crippen LogP contribution in [0.2, 0.25) is 0 Å². The van der Waals surface area contributed by atoms with E-state index < -0.39 is 0 Å². The van der Waals surface area contributed by atoms with Crippen LogP contribution in [0.15, 0.2) is 12.4 Å². The number of aromatic nitrogens is 2. The first-order valence-electron chi connectivity index (χ1n) is 5.44. The highest BCUT2D eigenvalue weighted by Crippen LogP contribution is 2.22. The van der Waals surface area contributed by atoms with Crippen molar-refractivity contribution in [2.75, 3.05) is 0 Å². The average Bonchev–Trinajstić information content (AvgIpc) is 2.66. The summed E-state index contributed by atoms with van der Waals surface area (Å²) in [5, 5.41) is 4.41. The summed E-state index contributed by atoms with van der Waals surface area (Å²) < 4.78 is 2.00. The number of halogens is 1. The van der Waals surface area contributed by atoms with Crippen molar-refractivity contribution in [1.82, 2.24) is 9.78 Å². The van der Waals surface area contributed by atoms with Crippen LogP contribution in [0.4, 0.5) is 0 Å². The minimum atomic E-state index is 0.120. The number of alkyl halides is 1. The molecule has 0 amide bonds. The Labute approximate surface area is 91.3 Å². The monoisotopic (exact) mass is 214 g/mol. The van der Waals surface area contributed by atoms with Crippen molar-refractivity contribution in [2.45, 2.75) is 51.5 Å². The van der Waals surface area contributed by atoms with Crippen LogP contribution < -0.4 is 0 Å². The van der Waals surface area contributed by atoms with Gasteiger partial charge in [0.1, 0.15) is 0 Å². The number of hydrogen-bond acceptors (Lipinski definition) is 1. The third kappa shape index (κ3) is 3.33. The van der Waals surface area contributed by atoms with Crippen molar-refractivity contribution < 1.29 is 0 Å². The van der Waals surface area contributed by atoms with Gasteiger partial charge in [-0.3, -0.25) is 4.68 Å². The van der Waals surface area contributed by atoms with E-state index in [9.17, 15) is 0 Å². The molecule has 0 radical (unpaired) electrons. The normalized spacial score (nSPS) is 13.1. The number of hydrogen-bond donors (Lipinski definition) is 0. The van der Waals surface area contributed by atoms with Crippen molar-refractivity contribution in [3.63, 3.8) is 0 Å². The van der Waals surface area contributed by atoms with E-state index in [1.165, 1.54) is 19.3 Å². The zero-order valence-corrected chi connectivity index (χ0v) is 9.80. The van der Waals surface area contributed by atoms with Crippen molar-refractivity contribution in [2.24, 2.45) is 0 Å². The summed E-state index contributed by atoms with van der Waals surface area (Å²) in [6.07, 6.45) is 8.64. The second-order valence-corrected chi connectivity index (χ2v) is 4.15. The molecule has 0 bridgehead atoms. The fourth-order valence-corrected chi connectivity index (χ4v) is 1.54. The lowest BCUT2D eigenvalue weighted by atomic mass is 10.2. The Hall–Kier alpha value is -0.500. The van der Waals surface area contributed by atoms with E-state index in [0.29, 0.717) is 0 Å². The molecule has 80 valence electrons. The highest BCUT2D eigenvalue weighted by atomic mass is 35.5. The van der Waals surface area contributed by atoms with E-state index in [1.54, 1.807) is 0 Å². The standard InChI is InChI=1S/C11H19ClN2/c1-3-5-6-7-14-9-10(8-13-14)11(12)4-2/h8-9,11H,3-7H2,1-2H3. The topological polar surface area (TPSA) is 17.8 Å². The molecule has 0 saturated carbocycles. The van der Waals surface area contributed by atoms with Gasteiger partial charge in [0.25, 0.3) is 0 Å². The maximum atomic E-state index is 6.11. The summed E-state index contributed by atoms with van der Waals surface area (Å²) in [7, 11) is 0. The quantitative estimate of drug-likeness (QED) is 0.521. The highest BCUT2D eigenvalue weighted by Gasteiger charge is 2.07. The largest absolute Gasteiger partial charge is 0.272 e. The fraction of sp³-hybridized carbons (Fsp3) is 0.727. The molecule has 1 rings (SSSR count). The Morgan fingerprint density at radius 3 is 2.86 bits per heavy atom. The van der Waals surface area contributed by atoms with E-state index in [4.69, 9.17) is 11.6 Å². The number of unbranched alkanes of at least 4 members (excludes halogenated alkanes) is 2. The van der Waals surface area contributed by atoms with Crippen LogP contribution >= 0.6 is 11.6 Å². The van der Waals surface area contributed by atoms with Crippen LogP contribution in [-0.4, -0.2) is 9.78 Å². The summed E-state index contributed by atoms with van der Waals surface area (Å²) in [4.78, 5) is 0. The molecule has 0 saturated heterocycles. The van der Waals surface area contributed by atoms with Crippen LogP contribution in [0.3, 0.4) is 0 Å². The molecule has 0 fully saturated rings. The van der Waals surface area contributed by atoms with Gasteiger partial charge in [-0.1, -0.05) is 26.7 Å². The summed E-state index contributed by atoms with van der Waals surface area (Å²) in [6.45, 7) is 5.31. The molecule has 1 atom stereocenters. The van der Waals surface area contributed by atoms with Gasteiger partial charge in [0.15, 0.2) is 0 Å². The van der Waals surface area contributed by atoms with E-state index in [-0.39, 0.29) is 5.38 Å². The molecule has 1 heterocycles. The number of nitrogens with zero attached hydrogens (tertiary/aromatic N) is 2. The minimum absolute atomic E-state index is 0.120. The Morgan fingerprint density at radius 1 is 1.43 bits per heavy atom. The molecule has 0 aliphatic heterocycles. The lowest BCUT2D eigenvalue weighted by Crippen LogP contribution is -1.97. The predicted molar refractivity (Wildman–Crippen MR) is 60.6 cm³/mol. The van der Waals surface area contributed by atoms with Gasteiger partial charge in [0.2, 0.25) is 0 Å². The van der Waals surface area contributed by atoms with Crippen molar-refractivity contribution in [1.29, 1.82) is 0 Å². The van der Waals surface area contributed by atoms with Crippen LogP contribution in [0, 0.1) is 0 Å². The van der Waals surface area contributed by atoms with Crippen molar-refractivity contribution in [3.05, 3.63) is 18.0 Å². The van der Waals surface area contributed by atoms with E-state index in [0.717, 1.165) is 18.5 Å². The molecular weight excluding hydrogens is 196 g/mol. The Balaban J connectivity index is 2.42. The molecule has 0 N–H and O–H groups in total. The van der Waals surface area contributed by atoms with E-state index in [1.807, 2.05) is 10.9 Å². The number of rotatable bonds is 6. The second kappa shape index (κ2) is 6.07. The van der Waals surface area contributed by atoms with Gasteiger partial charge in [-0.2, -0.15) is 5.10 Å². The predicted octanol–water partition coefficient (Wildman–Crippen LogP) is 3.76. The Morgan fingerprint density at radius 2 is 2.21 bits per heavy atom. The number of aryl methyl sites for hydroxylation is 1. The molecule has 1 aromatic rings. The third-order valence-corrected chi connectivity index (χ3v) is 2.92. The fourth-order valence-electron chi connectivity index (χ4n) is 1.42. The van der Waals surface area contributed by atoms with Gasteiger partial charge in [0.05, 0.1) is 11.6 Å². The van der Waals surface area contributed by atoms with Gasteiger partial charge in [-0.05, 0) is 12.8 Å². The van der Waals surface area contributed by atoms with Gasteiger partial charge in [-0.25, -0.2) is 0 Å². The summed E-state index contributed by atoms with van der Waals surface area (Å²) in [5.41, 5.74) is 1.14. The molecular formula is C11H19ClN2. The Kier molecular flexibility index (Phi) is 5.02. The third-order valence-electron chi connectivity index (χ3n) is 2.36.